The van der Waals surface area contributed by atoms with Crippen LogP contribution in [0.3, 0.4) is 0 Å². The number of amides is 1. The highest BCUT2D eigenvalue weighted by molar-refractivity contribution is 6.70. The minimum Gasteiger partial charge on any atom is -0.544 e. The number of hydrogen-bond donors (Lipinski definition) is 1. The van der Waals surface area contributed by atoms with E-state index in [-0.39, 0.29) is 5.69 Å². The largest absolute Gasteiger partial charge is 0.544 e. The van der Waals surface area contributed by atoms with Crippen molar-refractivity contribution in [1.29, 1.82) is 0 Å². The van der Waals surface area contributed by atoms with Crippen LogP contribution in [0, 0.1) is 0 Å². The van der Waals surface area contributed by atoms with Crippen LogP contribution in [0.15, 0.2) is 24.3 Å². The van der Waals surface area contributed by atoms with Gasteiger partial charge in [-0.05, 0) is 31.8 Å². The van der Waals surface area contributed by atoms with Crippen molar-refractivity contribution in [3.8, 4) is 5.75 Å². The van der Waals surface area contributed by atoms with Gasteiger partial charge in [0.15, 0.2) is 0 Å². The molecule has 1 rings (SSSR count). The summed E-state index contributed by atoms with van der Waals surface area (Å²) < 4.78 is 41.8. The third-order valence-electron chi connectivity index (χ3n) is 1.77. The van der Waals surface area contributed by atoms with Gasteiger partial charge in [0.1, 0.15) is 5.75 Å². The Kier molecular flexibility index (Phi) is 4.05. The van der Waals surface area contributed by atoms with Gasteiger partial charge in [-0.15, -0.1) is 0 Å². The summed E-state index contributed by atoms with van der Waals surface area (Å²) >= 11 is 0. The highest BCUT2D eigenvalue weighted by Gasteiger charge is 2.38. The molecule has 0 heterocycles. The van der Waals surface area contributed by atoms with Crippen LogP contribution in [0.25, 0.3) is 0 Å². The van der Waals surface area contributed by atoms with Crippen LogP contribution in [-0.4, -0.2) is 20.4 Å². The van der Waals surface area contributed by atoms with Crippen molar-refractivity contribution in [3.05, 3.63) is 24.3 Å². The number of halogens is 3. The number of carbonyl (C=O) groups excluding carboxylic acids is 1. The van der Waals surface area contributed by atoms with Crippen molar-refractivity contribution in [1.82, 2.24) is 0 Å². The fraction of sp³-hybridized carbons (Fsp3) is 0.364. The average molecular weight is 277 g/mol. The van der Waals surface area contributed by atoms with Crippen LogP contribution in [0.1, 0.15) is 0 Å². The van der Waals surface area contributed by atoms with Crippen molar-refractivity contribution in [2.45, 2.75) is 25.8 Å². The third-order valence-corrected chi connectivity index (χ3v) is 2.62. The maximum Gasteiger partial charge on any atom is 0.471 e. The number of rotatable bonds is 3. The molecule has 18 heavy (non-hydrogen) atoms. The summed E-state index contributed by atoms with van der Waals surface area (Å²) in [5, 5.41) is 1.78. The summed E-state index contributed by atoms with van der Waals surface area (Å²) in [4.78, 5) is 10.8. The second kappa shape index (κ2) is 5.01. The topological polar surface area (TPSA) is 38.3 Å². The quantitative estimate of drug-likeness (QED) is 0.860. The molecule has 1 amide bonds. The monoisotopic (exact) mass is 277 g/mol. The summed E-state index contributed by atoms with van der Waals surface area (Å²) in [5.41, 5.74) is 0.0630. The zero-order chi connectivity index (χ0) is 14.0. The van der Waals surface area contributed by atoms with E-state index in [0.29, 0.717) is 5.75 Å². The van der Waals surface area contributed by atoms with Crippen LogP contribution in [0.4, 0.5) is 18.9 Å². The third kappa shape index (κ3) is 4.78. The molecule has 0 spiro atoms. The van der Waals surface area contributed by atoms with Gasteiger partial charge >= 0.3 is 12.1 Å². The Labute approximate surface area is 104 Å². The lowest BCUT2D eigenvalue weighted by Gasteiger charge is -2.19. The van der Waals surface area contributed by atoms with Gasteiger partial charge in [0.05, 0.1) is 0 Å². The number of anilines is 1. The number of carbonyl (C=O) groups is 1. The van der Waals surface area contributed by atoms with Gasteiger partial charge < -0.3 is 9.74 Å². The van der Waals surface area contributed by atoms with Crippen LogP contribution in [-0.2, 0) is 4.79 Å². The van der Waals surface area contributed by atoms with Crippen LogP contribution in [0.5, 0.6) is 5.75 Å². The normalized spacial score (nSPS) is 12.1. The van der Waals surface area contributed by atoms with Gasteiger partial charge in [-0.1, -0.05) is 6.07 Å². The van der Waals surface area contributed by atoms with Crippen molar-refractivity contribution in [2.75, 3.05) is 5.32 Å². The number of benzene rings is 1. The molecule has 0 saturated carbocycles. The molecular formula is C11H14F3NO2Si. The zero-order valence-electron chi connectivity index (χ0n) is 10.3. The van der Waals surface area contributed by atoms with Crippen LogP contribution in [0.2, 0.25) is 19.6 Å². The second-order valence-corrected chi connectivity index (χ2v) is 9.12. The first-order valence-electron chi connectivity index (χ1n) is 5.25. The lowest BCUT2D eigenvalue weighted by Crippen LogP contribution is -2.30. The lowest BCUT2D eigenvalue weighted by atomic mass is 10.3. The van der Waals surface area contributed by atoms with E-state index >= 15 is 0 Å². The summed E-state index contributed by atoms with van der Waals surface area (Å²) in [6.07, 6.45) is -4.89. The van der Waals surface area contributed by atoms with E-state index in [1.54, 1.807) is 11.4 Å². The zero-order valence-corrected chi connectivity index (χ0v) is 11.3. The maximum atomic E-state index is 12.1. The fourth-order valence-electron chi connectivity index (χ4n) is 1.19. The molecule has 3 nitrogen and oxygen atoms in total. The molecule has 0 aromatic heterocycles. The molecule has 7 heteroatoms. The van der Waals surface area contributed by atoms with Gasteiger partial charge in [0.25, 0.3) is 0 Å². The molecule has 100 valence electrons. The van der Waals surface area contributed by atoms with E-state index < -0.39 is 20.4 Å². The molecule has 0 saturated heterocycles. The molecular weight excluding hydrogens is 263 g/mol. The van der Waals surface area contributed by atoms with Crippen molar-refractivity contribution in [2.24, 2.45) is 0 Å². The summed E-state index contributed by atoms with van der Waals surface area (Å²) in [5.74, 6) is -1.54. The summed E-state index contributed by atoms with van der Waals surface area (Å²) in [7, 11) is -1.83. The Morgan fingerprint density at radius 2 is 1.89 bits per heavy atom. The van der Waals surface area contributed by atoms with E-state index in [4.69, 9.17) is 4.43 Å². The lowest BCUT2D eigenvalue weighted by molar-refractivity contribution is -0.167. The SMILES string of the molecule is C[Si](C)(C)Oc1cccc(NC(=O)C(F)(F)F)c1. The second-order valence-electron chi connectivity index (χ2n) is 4.69. The maximum absolute atomic E-state index is 12.1. The van der Waals surface area contributed by atoms with Crippen molar-refractivity contribution < 1.29 is 22.4 Å². The van der Waals surface area contributed by atoms with E-state index in [1.807, 2.05) is 19.6 Å². The van der Waals surface area contributed by atoms with Crippen LogP contribution >= 0.6 is 0 Å². The average Bonchev–Trinajstić information content (AvgIpc) is 2.13. The Hall–Kier alpha value is -1.50. The summed E-state index contributed by atoms with van der Waals surface area (Å²) in [6.45, 7) is 5.86. The van der Waals surface area contributed by atoms with Crippen molar-refractivity contribution in [3.63, 3.8) is 0 Å². The number of nitrogens with one attached hydrogen (secondary N) is 1. The van der Waals surface area contributed by atoms with Gasteiger partial charge in [-0.2, -0.15) is 13.2 Å². The molecule has 0 radical (unpaired) electrons. The minimum atomic E-state index is -4.89. The van der Waals surface area contributed by atoms with Crippen LogP contribution < -0.4 is 9.74 Å². The molecule has 0 aliphatic carbocycles. The molecule has 0 aliphatic rings. The molecule has 0 atom stereocenters. The molecule has 0 bridgehead atoms. The predicted octanol–water partition coefficient (Wildman–Crippen LogP) is 3.40. The Morgan fingerprint density at radius 3 is 2.39 bits per heavy atom. The molecule has 0 unspecified atom stereocenters. The first-order chi connectivity index (χ1) is 8.08. The Balaban J connectivity index is 2.80. The standard InChI is InChI=1S/C11H14F3NO2Si/c1-18(2,3)17-9-6-4-5-8(7-9)15-10(16)11(12,13)14/h4-7H,1-3H3,(H,15,16). The van der Waals surface area contributed by atoms with Gasteiger partial charge in [0.2, 0.25) is 8.32 Å². The highest BCUT2D eigenvalue weighted by atomic mass is 28.4. The summed E-state index contributed by atoms with van der Waals surface area (Å²) in [6, 6.07) is 5.92. The van der Waals surface area contributed by atoms with E-state index in [0.717, 1.165) is 0 Å². The Morgan fingerprint density at radius 1 is 1.28 bits per heavy atom. The molecule has 1 aromatic carbocycles. The molecule has 0 aliphatic heterocycles. The van der Waals surface area contributed by atoms with E-state index in [9.17, 15) is 18.0 Å². The number of hydrogen-bond acceptors (Lipinski definition) is 2. The first-order valence-corrected chi connectivity index (χ1v) is 8.66. The fourth-order valence-corrected chi connectivity index (χ4v) is 2.03. The van der Waals surface area contributed by atoms with E-state index in [1.165, 1.54) is 18.2 Å². The highest BCUT2D eigenvalue weighted by Crippen LogP contribution is 2.23. The van der Waals surface area contributed by atoms with E-state index in [2.05, 4.69) is 0 Å². The minimum absolute atomic E-state index is 0.0630. The molecule has 1 aromatic rings. The van der Waals surface area contributed by atoms with Gasteiger partial charge in [0, 0.05) is 11.8 Å². The number of alkyl halides is 3. The van der Waals surface area contributed by atoms with Gasteiger partial charge in [-0.3, -0.25) is 4.79 Å². The van der Waals surface area contributed by atoms with Gasteiger partial charge in [-0.25, -0.2) is 0 Å². The smallest absolute Gasteiger partial charge is 0.471 e. The Bertz CT molecular complexity index is 441. The molecule has 1 N–H and O–H groups in total. The first kappa shape index (κ1) is 14.6. The predicted molar refractivity (Wildman–Crippen MR) is 65.1 cm³/mol. The molecule has 0 fully saturated rings. The van der Waals surface area contributed by atoms with Crippen molar-refractivity contribution >= 4 is 19.9 Å².